The van der Waals surface area contributed by atoms with Gasteiger partial charge in [0.2, 0.25) is 0 Å². The smallest absolute Gasteiger partial charge is 0.343 e. The minimum atomic E-state index is -0.720. The number of halogens is 1. The standard InChI is InChI=1S/C34H29IN2O4/c1-4-41-31-21-25(20-30(35)28(31)18-24-16-22(2)15-23(3)17-24)19-29-32(38)36(26-11-7-5-8-12-26)34(40)37(33(29)39)27-13-9-6-10-14-27/h5-17,19-21H,4,18H2,1-3H3. The Morgan fingerprint density at radius 2 is 1.29 bits per heavy atom. The summed E-state index contributed by atoms with van der Waals surface area (Å²) in [6.45, 7) is 6.56. The van der Waals surface area contributed by atoms with Crippen molar-refractivity contribution in [3.05, 3.63) is 128 Å². The van der Waals surface area contributed by atoms with E-state index in [-0.39, 0.29) is 5.57 Å². The van der Waals surface area contributed by atoms with Crippen molar-refractivity contribution in [3.8, 4) is 5.75 Å². The van der Waals surface area contributed by atoms with Gasteiger partial charge >= 0.3 is 6.03 Å². The third kappa shape index (κ3) is 5.95. The molecule has 0 bridgehead atoms. The molecule has 0 aromatic heterocycles. The summed E-state index contributed by atoms with van der Waals surface area (Å²) in [7, 11) is 0. The summed E-state index contributed by atoms with van der Waals surface area (Å²) >= 11 is 2.28. The van der Waals surface area contributed by atoms with Gasteiger partial charge in [-0.15, -0.1) is 0 Å². The van der Waals surface area contributed by atoms with E-state index in [0.717, 1.165) is 18.9 Å². The number of hydrogen-bond acceptors (Lipinski definition) is 4. The molecule has 5 rings (SSSR count). The molecule has 1 aliphatic heterocycles. The maximum Gasteiger partial charge on any atom is 0.343 e. The molecule has 1 fully saturated rings. The number of para-hydroxylation sites is 2. The van der Waals surface area contributed by atoms with Crippen LogP contribution in [0.1, 0.15) is 34.7 Å². The SMILES string of the molecule is CCOc1cc(C=C2C(=O)N(c3ccccc3)C(=O)N(c3ccccc3)C2=O)cc(I)c1Cc1cc(C)cc(C)c1. The number of aryl methyl sites for hydroxylation is 2. The second-order valence-electron chi connectivity index (χ2n) is 9.88. The van der Waals surface area contributed by atoms with Crippen molar-refractivity contribution in [1.29, 1.82) is 0 Å². The summed E-state index contributed by atoms with van der Waals surface area (Å²) in [5, 5.41) is 0. The Morgan fingerprint density at radius 3 is 1.80 bits per heavy atom. The van der Waals surface area contributed by atoms with Crippen molar-refractivity contribution in [3.63, 3.8) is 0 Å². The third-order valence-electron chi connectivity index (χ3n) is 6.73. The molecule has 6 nitrogen and oxygen atoms in total. The number of hydrogen-bond donors (Lipinski definition) is 0. The lowest BCUT2D eigenvalue weighted by Gasteiger charge is -2.34. The Hall–Kier alpha value is -4.24. The molecule has 0 saturated carbocycles. The van der Waals surface area contributed by atoms with Gasteiger partial charge in [-0.2, -0.15) is 0 Å². The number of rotatable bonds is 7. The molecule has 0 radical (unpaired) electrons. The van der Waals surface area contributed by atoms with E-state index in [9.17, 15) is 14.4 Å². The van der Waals surface area contributed by atoms with Crippen molar-refractivity contribution in [2.45, 2.75) is 27.2 Å². The van der Waals surface area contributed by atoms with E-state index >= 15 is 0 Å². The van der Waals surface area contributed by atoms with Gasteiger partial charge in [-0.3, -0.25) is 9.59 Å². The van der Waals surface area contributed by atoms with E-state index in [1.165, 1.54) is 16.7 Å². The summed E-state index contributed by atoms with van der Waals surface area (Å²) in [5.41, 5.74) is 5.90. The highest BCUT2D eigenvalue weighted by Gasteiger charge is 2.43. The van der Waals surface area contributed by atoms with E-state index in [4.69, 9.17) is 4.74 Å². The Balaban J connectivity index is 1.60. The Labute approximate surface area is 253 Å². The fourth-order valence-corrected chi connectivity index (χ4v) is 5.87. The molecule has 1 saturated heterocycles. The van der Waals surface area contributed by atoms with Crippen molar-refractivity contribution < 1.29 is 19.1 Å². The van der Waals surface area contributed by atoms with Crippen molar-refractivity contribution in [2.24, 2.45) is 0 Å². The fraction of sp³-hybridized carbons (Fsp3) is 0.147. The summed E-state index contributed by atoms with van der Waals surface area (Å²) in [5.74, 6) is -0.659. The van der Waals surface area contributed by atoms with Crippen LogP contribution < -0.4 is 14.5 Å². The number of benzene rings is 4. The summed E-state index contributed by atoms with van der Waals surface area (Å²) in [4.78, 5) is 43.2. The summed E-state index contributed by atoms with van der Waals surface area (Å²) in [6.07, 6.45) is 2.23. The first-order chi connectivity index (χ1) is 19.8. The van der Waals surface area contributed by atoms with Crippen LogP contribution in [0.5, 0.6) is 5.75 Å². The summed E-state index contributed by atoms with van der Waals surface area (Å²) < 4.78 is 7.00. The highest BCUT2D eigenvalue weighted by atomic mass is 127. The molecule has 1 aliphatic rings. The lowest BCUT2D eigenvalue weighted by molar-refractivity contribution is -0.121. The van der Waals surface area contributed by atoms with Crippen molar-refractivity contribution in [2.75, 3.05) is 16.4 Å². The van der Waals surface area contributed by atoms with Crippen LogP contribution in [0, 0.1) is 17.4 Å². The number of amides is 4. The number of ether oxygens (including phenoxy) is 1. The summed E-state index contributed by atoms with van der Waals surface area (Å²) in [6, 6.07) is 26.8. The van der Waals surface area contributed by atoms with Gasteiger partial charge < -0.3 is 4.74 Å². The monoisotopic (exact) mass is 656 g/mol. The maximum absolute atomic E-state index is 13.8. The lowest BCUT2D eigenvalue weighted by Crippen LogP contribution is -2.57. The predicted octanol–water partition coefficient (Wildman–Crippen LogP) is 7.48. The van der Waals surface area contributed by atoms with E-state index in [1.807, 2.05) is 19.1 Å². The zero-order valence-electron chi connectivity index (χ0n) is 23.1. The Morgan fingerprint density at radius 1 is 0.756 bits per heavy atom. The number of anilines is 2. The number of imide groups is 2. The van der Waals surface area contributed by atoms with Crippen LogP contribution in [0.25, 0.3) is 6.08 Å². The first-order valence-corrected chi connectivity index (χ1v) is 14.4. The molecule has 0 spiro atoms. The van der Waals surface area contributed by atoms with Gasteiger partial charge in [-0.25, -0.2) is 14.6 Å². The molecule has 4 amide bonds. The third-order valence-corrected chi connectivity index (χ3v) is 7.69. The number of carbonyl (C=O) groups is 3. The Kier molecular flexibility index (Phi) is 8.35. The van der Waals surface area contributed by atoms with Gasteiger partial charge in [0.15, 0.2) is 0 Å². The van der Waals surface area contributed by atoms with Gasteiger partial charge in [0.1, 0.15) is 11.3 Å². The predicted molar refractivity (Wildman–Crippen MR) is 170 cm³/mol. The zero-order chi connectivity index (χ0) is 29.1. The van der Waals surface area contributed by atoms with Gasteiger partial charge in [0.05, 0.1) is 18.0 Å². The molecule has 0 N–H and O–H groups in total. The largest absolute Gasteiger partial charge is 0.494 e. The van der Waals surface area contributed by atoms with Gasteiger partial charge in [-0.1, -0.05) is 65.7 Å². The van der Waals surface area contributed by atoms with Gasteiger partial charge in [0.25, 0.3) is 11.8 Å². The quantitative estimate of drug-likeness (QED) is 0.118. The van der Waals surface area contributed by atoms with Crippen LogP contribution in [-0.4, -0.2) is 24.5 Å². The topological polar surface area (TPSA) is 66.9 Å². The van der Waals surface area contributed by atoms with Crippen LogP contribution in [-0.2, 0) is 16.0 Å². The van der Waals surface area contributed by atoms with Crippen LogP contribution in [0.3, 0.4) is 0 Å². The van der Waals surface area contributed by atoms with E-state index in [0.29, 0.717) is 35.7 Å². The molecule has 0 aliphatic carbocycles. The lowest BCUT2D eigenvalue weighted by atomic mass is 9.98. The molecular formula is C34H29IN2O4. The molecular weight excluding hydrogens is 627 g/mol. The maximum atomic E-state index is 13.8. The molecule has 0 atom stereocenters. The van der Waals surface area contributed by atoms with Crippen LogP contribution >= 0.6 is 22.6 Å². The normalized spacial score (nSPS) is 13.6. The minimum Gasteiger partial charge on any atom is -0.494 e. The molecule has 206 valence electrons. The average Bonchev–Trinajstić information content (AvgIpc) is 2.94. The highest BCUT2D eigenvalue weighted by molar-refractivity contribution is 14.1. The van der Waals surface area contributed by atoms with E-state index < -0.39 is 17.8 Å². The molecule has 0 unspecified atom stereocenters. The van der Waals surface area contributed by atoms with Gasteiger partial charge in [0, 0.05) is 15.6 Å². The average molecular weight is 657 g/mol. The second-order valence-corrected chi connectivity index (χ2v) is 11.0. The van der Waals surface area contributed by atoms with E-state index in [2.05, 4.69) is 54.6 Å². The van der Waals surface area contributed by atoms with Crippen molar-refractivity contribution in [1.82, 2.24) is 0 Å². The van der Waals surface area contributed by atoms with Crippen LogP contribution in [0.15, 0.2) is 96.6 Å². The molecule has 41 heavy (non-hydrogen) atoms. The number of nitrogens with zero attached hydrogens (tertiary/aromatic N) is 2. The second kappa shape index (κ2) is 12.1. The van der Waals surface area contributed by atoms with Crippen LogP contribution in [0.4, 0.5) is 16.2 Å². The Bertz CT molecular complexity index is 1580. The molecule has 4 aromatic carbocycles. The first kappa shape index (κ1) is 28.3. The zero-order valence-corrected chi connectivity index (χ0v) is 25.2. The minimum absolute atomic E-state index is 0.113. The fourth-order valence-electron chi connectivity index (χ4n) is 5.05. The molecule has 1 heterocycles. The number of carbonyl (C=O) groups excluding carboxylic acids is 3. The van der Waals surface area contributed by atoms with E-state index in [1.54, 1.807) is 66.7 Å². The molecule has 4 aromatic rings. The molecule has 7 heteroatoms. The van der Waals surface area contributed by atoms with Gasteiger partial charge in [-0.05, 0) is 97.0 Å². The van der Waals surface area contributed by atoms with Crippen LogP contribution in [0.2, 0.25) is 0 Å². The van der Waals surface area contributed by atoms with Crippen molar-refractivity contribution >= 4 is 57.9 Å². The first-order valence-electron chi connectivity index (χ1n) is 13.3. The highest BCUT2D eigenvalue weighted by Crippen LogP contribution is 2.33. The number of barbiturate groups is 1. The number of urea groups is 1.